The van der Waals surface area contributed by atoms with Crippen LogP contribution in [0.5, 0.6) is 0 Å². The van der Waals surface area contributed by atoms with Crippen molar-refractivity contribution in [1.29, 1.82) is 5.26 Å². The summed E-state index contributed by atoms with van der Waals surface area (Å²) in [6.07, 6.45) is 1.11. The summed E-state index contributed by atoms with van der Waals surface area (Å²) < 4.78 is 7.21. The summed E-state index contributed by atoms with van der Waals surface area (Å²) in [6.45, 7) is 8.05. The van der Waals surface area contributed by atoms with Crippen LogP contribution in [0.2, 0.25) is 0 Å². The van der Waals surface area contributed by atoms with Gasteiger partial charge >= 0.3 is 5.97 Å². The summed E-state index contributed by atoms with van der Waals surface area (Å²) in [6, 6.07) is 9.31. The molecule has 1 heterocycles. The number of aryl methyl sites for hydroxylation is 1. The molecule has 162 valence electrons. The number of nitriles is 1. The Morgan fingerprint density at radius 2 is 2.03 bits per heavy atom. The van der Waals surface area contributed by atoms with Crippen LogP contribution in [0.1, 0.15) is 37.2 Å². The van der Waals surface area contributed by atoms with Crippen LogP contribution in [0, 0.1) is 35.3 Å². The Kier molecular flexibility index (Phi) is 7.69. The fraction of sp³-hybridized carbons (Fsp3) is 0.318. The fourth-order valence-electron chi connectivity index (χ4n) is 3.08. The van der Waals surface area contributed by atoms with E-state index in [2.05, 4.69) is 16.8 Å². The van der Waals surface area contributed by atoms with Gasteiger partial charge in [-0.05, 0) is 51.0 Å². The molecule has 0 bridgehead atoms. The maximum absolute atomic E-state index is 12.4. The van der Waals surface area contributed by atoms with E-state index >= 15 is 0 Å². The number of hydrogen-bond donors (Lipinski definition) is 1. The van der Waals surface area contributed by atoms with Gasteiger partial charge in [0.15, 0.2) is 6.10 Å². The van der Waals surface area contributed by atoms with Crippen LogP contribution in [-0.4, -0.2) is 27.5 Å². The number of carbonyl (C=O) groups is 2. The number of nitro benzene ring substituents is 1. The van der Waals surface area contributed by atoms with E-state index in [-0.39, 0.29) is 16.9 Å². The lowest BCUT2D eigenvalue weighted by Crippen LogP contribution is -2.30. The molecule has 0 radical (unpaired) electrons. The minimum Gasteiger partial charge on any atom is -0.448 e. The van der Waals surface area contributed by atoms with Gasteiger partial charge in [0, 0.05) is 24.0 Å². The SMILES string of the molecule is CCCn1c(C)cc(/C=C(\C#N)C(=O)OC(C)C(=O)Nc2ccccc2[N+](=O)[O-])c1C. The van der Waals surface area contributed by atoms with Crippen LogP contribution in [0.3, 0.4) is 0 Å². The summed E-state index contributed by atoms with van der Waals surface area (Å²) >= 11 is 0. The maximum atomic E-state index is 12.4. The van der Waals surface area contributed by atoms with Gasteiger partial charge in [0.2, 0.25) is 0 Å². The molecule has 0 aliphatic rings. The molecule has 1 N–H and O–H groups in total. The highest BCUT2D eigenvalue weighted by Gasteiger charge is 2.23. The van der Waals surface area contributed by atoms with Crippen LogP contribution in [0.25, 0.3) is 6.08 Å². The predicted octanol–water partition coefficient (Wildman–Crippen LogP) is 3.90. The van der Waals surface area contributed by atoms with E-state index in [4.69, 9.17) is 4.74 Å². The highest BCUT2D eigenvalue weighted by atomic mass is 16.6. The zero-order valence-corrected chi connectivity index (χ0v) is 17.8. The standard InChI is InChI=1S/C22H24N4O5/c1-5-10-25-14(2)11-17(15(25)3)12-18(13-23)22(28)31-16(4)21(27)24-19-8-6-7-9-20(19)26(29)30/h6-9,11-12,16H,5,10H2,1-4H3,(H,24,27)/b18-12+. The van der Waals surface area contributed by atoms with Crippen molar-refractivity contribution < 1.29 is 19.2 Å². The van der Waals surface area contributed by atoms with Crippen LogP contribution in [0.4, 0.5) is 11.4 Å². The third-order valence-electron chi connectivity index (χ3n) is 4.71. The molecule has 0 saturated heterocycles. The van der Waals surface area contributed by atoms with Crippen molar-refractivity contribution in [1.82, 2.24) is 4.57 Å². The molecule has 1 unspecified atom stereocenters. The summed E-state index contributed by atoms with van der Waals surface area (Å²) in [4.78, 5) is 35.2. The summed E-state index contributed by atoms with van der Waals surface area (Å²) in [5, 5.41) is 22.9. The van der Waals surface area contributed by atoms with Crippen molar-refractivity contribution in [3.63, 3.8) is 0 Å². The molecule has 1 aromatic carbocycles. The minimum atomic E-state index is -1.27. The molecule has 9 heteroatoms. The van der Waals surface area contributed by atoms with Crippen molar-refractivity contribution in [2.75, 3.05) is 5.32 Å². The van der Waals surface area contributed by atoms with Crippen molar-refractivity contribution >= 4 is 29.3 Å². The van der Waals surface area contributed by atoms with Gasteiger partial charge in [-0.3, -0.25) is 14.9 Å². The summed E-state index contributed by atoms with van der Waals surface area (Å²) in [7, 11) is 0. The smallest absolute Gasteiger partial charge is 0.349 e. The van der Waals surface area contributed by atoms with Crippen LogP contribution < -0.4 is 5.32 Å². The number of anilines is 1. The summed E-state index contributed by atoms with van der Waals surface area (Å²) in [5.41, 5.74) is 2.10. The third kappa shape index (κ3) is 5.57. The number of nitrogens with zero attached hydrogens (tertiary/aromatic N) is 3. The molecular formula is C22H24N4O5. The van der Waals surface area contributed by atoms with Crippen LogP contribution in [-0.2, 0) is 20.9 Å². The molecule has 31 heavy (non-hydrogen) atoms. The van der Waals surface area contributed by atoms with E-state index in [1.807, 2.05) is 26.0 Å². The van der Waals surface area contributed by atoms with Gasteiger partial charge in [0.1, 0.15) is 17.3 Å². The number of hydrogen-bond acceptors (Lipinski definition) is 6. The third-order valence-corrected chi connectivity index (χ3v) is 4.71. The number of carbonyl (C=O) groups excluding carboxylic acids is 2. The molecular weight excluding hydrogens is 400 g/mol. The van der Waals surface area contributed by atoms with E-state index in [1.54, 1.807) is 0 Å². The number of ether oxygens (including phenoxy) is 1. The molecule has 1 aromatic heterocycles. The first-order valence-corrected chi connectivity index (χ1v) is 9.73. The van der Waals surface area contributed by atoms with E-state index in [0.717, 1.165) is 29.9 Å². The van der Waals surface area contributed by atoms with Crippen molar-refractivity contribution in [3.8, 4) is 6.07 Å². The second-order valence-electron chi connectivity index (χ2n) is 6.96. The Morgan fingerprint density at radius 3 is 2.65 bits per heavy atom. The molecule has 0 fully saturated rings. The van der Waals surface area contributed by atoms with Crippen LogP contribution >= 0.6 is 0 Å². The molecule has 9 nitrogen and oxygen atoms in total. The number of benzene rings is 1. The number of nitrogens with one attached hydrogen (secondary N) is 1. The molecule has 2 aromatic rings. The minimum absolute atomic E-state index is 0.0141. The average molecular weight is 424 g/mol. The van der Waals surface area contributed by atoms with Gasteiger partial charge in [-0.2, -0.15) is 5.26 Å². The molecule has 1 amide bonds. The van der Waals surface area contributed by atoms with Gasteiger partial charge in [-0.25, -0.2) is 4.79 Å². The molecule has 2 rings (SSSR count). The first-order chi connectivity index (χ1) is 14.7. The average Bonchev–Trinajstić information content (AvgIpc) is 2.99. The lowest BCUT2D eigenvalue weighted by atomic mass is 10.1. The molecule has 0 aliphatic heterocycles. The lowest BCUT2D eigenvalue weighted by Gasteiger charge is -2.13. The normalized spacial score (nSPS) is 12.0. The number of para-hydroxylation sites is 2. The first kappa shape index (κ1) is 23.3. The zero-order valence-electron chi connectivity index (χ0n) is 17.8. The van der Waals surface area contributed by atoms with Gasteiger partial charge in [-0.15, -0.1) is 0 Å². The highest BCUT2D eigenvalue weighted by molar-refractivity contribution is 6.01. The second kappa shape index (κ2) is 10.2. The number of aromatic nitrogens is 1. The van der Waals surface area contributed by atoms with Crippen molar-refractivity contribution in [2.45, 2.75) is 46.8 Å². The van der Waals surface area contributed by atoms with E-state index < -0.39 is 22.9 Å². The molecule has 1 atom stereocenters. The Morgan fingerprint density at radius 1 is 1.35 bits per heavy atom. The molecule has 0 spiro atoms. The fourth-order valence-corrected chi connectivity index (χ4v) is 3.08. The zero-order chi connectivity index (χ0) is 23.1. The van der Waals surface area contributed by atoms with E-state index in [0.29, 0.717) is 0 Å². The number of amides is 1. The molecule has 0 aliphatic carbocycles. The van der Waals surface area contributed by atoms with Gasteiger partial charge in [0.25, 0.3) is 11.6 Å². The van der Waals surface area contributed by atoms with Crippen molar-refractivity contribution in [2.24, 2.45) is 0 Å². The van der Waals surface area contributed by atoms with Gasteiger partial charge in [0.05, 0.1) is 4.92 Å². The van der Waals surface area contributed by atoms with Crippen molar-refractivity contribution in [3.05, 3.63) is 63.0 Å². The maximum Gasteiger partial charge on any atom is 0.349 e. The number of nitro groups is 1. The second-order valence-corrected chi connectivity index (χ2v) is 6.96. The van der Waals surface area contributed by atoms with E-state index in [1.165, 1.54) is 37.3 Å². The molecule has 0 saturated carbocycles. The summed E-state index contributed by atoms with van der Waals surface area (Å²) in [5.74, 6) is -1.70. The predicted molar refractivity (Wildman–Crippen MR) is 115 cm³/mol. The van der Waals surface area contributed by atoms with Gasteiger partial charge < -0.3 is 14.6 Å². The monoisotopic (exact) mass is 424 g/mol. The lowest BCUT2D eigenvalue weighted by molar-refractivity contribution is -0.383. The Hall–Kier alpha value is -3.93. The van der Waals surface area contributed by atoms with E-state index in [9.17, 15) is 25.0 Å². The first-order valence-electron chi connectivity index (χ1n) is 9.73. The topological polar surface area (TPSA) is 127 Å². The number of rotatable bonds is 8. The largest absolute Gasteiger partial charge is 0.448 e. The number of esters is 1. The van der Waals surface area contributed by atoms with Crippen LogP contribution in [0.15, 0.2) is 35.9 Å². The quantitative estimate of drug-likeness (QED) is 0.225. The van der Waals surface area contributed by atoms with Gasteiger partial charge in [-0.1, -0.05) is 19.1 Å². The Bertz CT molecular complexity index is 1080. The Balaban J connectivity index is 2.15. The Labute approximate surface area is 180 Å². The highest BCUT2D eigenvalue weighted by Crippen LogP contribution is 2.24.